The average molecular weight is 298 g/mol. The third-order valence-electron chi connectivity index (χ3n) is 4.58. The highest BCUT2D eigenvalue weighted by Gasteiger charge is 2.42. The number of nitrogens with zero attached hydrogens (tertiary/aromatic N) is 1. The highest BCUT2D eigenvalue weighted by molar-refractivity contribution is 5.84. The molecule has 0 spiro atoms. The number of likely N-dealkylation sites (tertiary alicyclic amines) is 1. The van der Waals surface area contributed by atoms with Gasteiger partial charge in [0.05, 0.1) is 12.5 Å². The van der Waals surface area contributed by atoms with Crippen molar-refractivity contribution in [3.8, 4) is 0 Å². The van der Waals surface area contributed by atoms with Gasteiger partial charge >= 0.3 is 18.0 Å². The average Bonchev–Trinajstić information content (AvgIpc) is 3.13. The van der Waals surface area contributed by atoms with E-state index in [0.717, 1.165) is 19.3 Å². The number of carboxylic acids is 1. The first-order valence-electron chi connectivity index (χ1n) is 7.36. The quantitative estimate of drug-likeness (QED) is 0.754. The Balaban J connectivity index is 1.95. The Bertz CT molecular complexity index is 431. The van der Waals surface area contributed by atoms with E-state index in [1.807, 2.05) is 0 Å². The smallest absolute Gasteiger partial charge is 0.328 e. The fourth-order valence-corrected chi connectivity index (χ4v) is 3.26. The van der Waals surface area contributed by atoms with Gasteiger partial charge in [-0.3, -0.25) is 4.79 Å². The molecule has 118 valence electrons. The van der Waals surface area contributed by atoms with Crippen molar-refractivity contribution in [1.82, 2.24) is 10.2 Å². The molecule has 7 nitrogen and oxygen atoms in total. The molecule has 0 aromatic heterocycles. The number of methoxy groups -OCH3 is 1. The Morgan fingerprint density at radius 3 is 2.52 bits per heavy atom. The van der Waals surface area contributed by atoms with E-state index in [2.05, 4.69) is 5.32 Å². The highest BCUT2D eigenvalue weighted by atomic mass is 16.5. The van der Waals surface area contributed by atoms with E-state index in [1.165, 1.54) is 12.0 Å². The van der Waals surface area contributed by atoms with E-state index in [0.29, 0.717) is 25.8 Å². The molecule has 1 aliphatic heterocycles. The first-order chi connectivity index (χ1) is 10.00. The van der Waals surface area contributed by atoms with Gasteiger partial charge in [-0.15, -0.1) is 0 Å². The Morgan fingerprint density at radius 1 is 1.29 bits per heavy atom. The molecule has 1 unspecified atom stereocenters. The predicted molar refractivity (Wildman–Crippen MR) is 73.7 cm³/mol. The van der Waals surface area contributed by atoms with Crippen molar-refractivity contribution in [3.63, 3.8) is 0 Å². The van der Waals surface area contributed by atoms with Crippen LogP contribution in [0.15, 0.2) is 0 Å². The number of amides is 2. The number of carbonyl (C=O) groups excluding carboxylic acids is 2. The second-order valence-electron chi connectivity index (χ2n) is 5.83. The van der Waals surface area contributed by atoms with Crippen LogP contribution in [0.3, 0.4) is 0 Å². The SMILES string of the molecule is COC(=O)C1CCCN1C(=O)NCC1(C(=O)O)CCCC1. The molecule has 2 N–H and O–H groups in total. The Labute approximate surface area is 123 Å². The molecule has 1 atom stereocenters. The number of hydrogen-bond donors (Lipinski definition) is 2. The van der Waals surface area contributed by atoms with Gasteiger partial charge in [0.25, 0.3) is 0 Å². The second kappa shape index (κ2) is 6.32. The maximum atomic E-state index is 12.2. The number of ether oxygens (including phenoxy) is 1. The molecule has 0 aromatic carbocycles. The molecule has 1 saturated heterocycles. The minimum Gasteiger partial charge on any atom is -0.481 e. The zero-order valence-electron chi connectivity index (χ0n) is 12.3. The number of aliphatic carboxylic acids is 1. The zero-order valence-corrected chi connectivity index (χ0v) is 12.3. The minimum atomic E-state index is -0.855. The Morgan fingerprint density at radius 2 is 1.95 bits per heavy atom. The maximum Gasteiger partial charge on any atom is 0.328 e. The van der Waals surface area contributed by atoms with Crippen molar-refractivity contribution >= 4 is 18.0 Å². The summed E-state index contributed by atoms with van der Waals surface area (Å²) in [6, 6.07) is -0.935. The van der Waals surface area contributed by atoms with Crippen molar-refractivity contribution in [3.05, 3.63) is 0 Å². The second-order valence-corrected chi connectivity index (χ2v) is 5.83. The van der Waals surface area contributed by atoms with Gasteiger partial charge in [0.1, 0.15) is 6.04 Å². The van der Waals surface area contributed by atoms with Crippen LogP contribution >= 0.6 is 0 Å². The van der Waals surface area contributed by atoms with Gasteiger partial charge in [-0.25, -0.2) is 9.59 Å². The van der Waals surface area contributed by atoms with E-state index >= 15 is 0 Å². The standard InChI is InChI=1S/C14H22N2O5/c1-21-11(17)10-5-4-8-16(10)13(20)15-9-14(12(18)19)6-2-3-7-14/h10H,2-9H2,1H3,(H,15,20)(H,18,19). The number of carbonyl (C=O) groups is 3. The van der Waals surface area contributed by atoms with Crippen molar-refractivity contribution < 1.29 is 24.2 Å². The summed E-state index contributed by atoms with van der Waals surface area (Å²) in [6.07, 6.45) is 4.25. The topological polar surface area (TPSA) is 95.9 Å². The van der Waals surface area contributed by atoms with Crippen molar-refractivity contribution in [2.45, 2.75) is 44.6 Å². The normalized spacial score (nSPS) is 23.9. The van der Waals surface area contributed by atoms with Crippen molar-refractivity contribution in [1.29, 1.82) is 0 Å². The van der Waals surface area contributed by atoms with Gasteiger partial charge in [0, 0.05) is 13.1 Å². The lowest BCUT2D eigenvalue weighted by molar-refractivity contribution is -0.148. The third-order valence-corrected chi connectivity index (χ3v) is 4.58. The summed E-state index contributed by atoms with van der Waals surface area (Å²) in [5.74, 6) is -1.28. The zero-order chi connectivity index (χ0) is 15.5. The Kier molecular flexibility index (Phi) is 4.69. The number of nitrogens with one attached hydrogen (secondary N) is 1. The van der Waals surface area contributed by atoms with E-state index in [4.69, 9.17) is 4.74 Å². The monoisotopic (exact) mass is 298 g/mol. The number of carboxylic acid groups (broad SMARTS) is 1. The molecule has 2 fully saturated rings. The van der Waals surface area contributed by atoms with Crippen LogP contribution in [0.1, 0.15) is 38.5 Å². The van der Waals surface area contributed by atoms with Crippen LogP contribution in [0.25, 0.3) is 0 Å². The molecular weight excluding hydrogens is 276 g/mol. The summed E-state index contributed by atoms with van der Waals surface area (Å²) in [6.45, 7) is 0.608. The third kappa shape index (κ3) is 3.11. The van der Waals surface area contributed by atoms with Crippen molar-refractivity contribution in [2.24, 2.45) is 5.41 Å². The Hall–Kier alpha value is -1.79. The van der Waals surface area contributed by atoms with E-state index in [-0.39, 0.29) is 12.6 Å². The molecule has 1 heterocycles. The molecule has 1 saturated carbocycles. The minimum absolute atomic E-state index is 0.117. The summed E-state index contributed by atoms with van der Waals surface area (Å²) < 4.78 is 4.70. The molecule has 1 aliphatic carbocycles. The number of hydrogen-bond acceptors (Lipinski definition) is 4. The first kappa shape index (κ1) is 15.6. The lowest BCUT2D eigenvalue weighted by Crippen LogP contribution is -2.50. The predicted octanol–water partition coefficient (Wildman–Crippen LogP) is 0.978. The summed E-state index contributed by atoms with van der Waals surface area (Å²) in [5, 5.41) is 12.1. The molecule has 0 bridgehead atoms. The molecule has 2 aliphatic rings. The molecule has 2 amide bonds. The van der Waals surface area contributed by atoms with Crippen LogP contribution in [-0.4, -0.2) is 54.2 Å². The van der Waals surface area contributed by atoms with Crippen LogP contribution in [0.2, 0.25) is 0 Å². The van der Waals surface area contributed by atoms with E-state index in [9.17, 15) is 19.5 Å². The highest BCUT2D eigenvalue weighted by Crippen LogP contribution is 2.37. The first-order valence-corrected chi connectivity index (χ1v) is 7.36. The van der Waals surface area contributed by atoms with Gasteiger partial charge in [-0.05, 0) is 25.7 Å². The van der Waals surface area contributed by atoms with Crippen LogP contribution in [-0.2, 0) is 14.3 Å². The summed E-state index contributed by atoms with van der Waals surface area (Å²) in [7, 11) is 1.30. The van der Waals surface area contributed by atoms with Gasteiger partial charge in [0.15, 0.2) is 0 Å². The lowest BCUT2D eigenvalue weighted by atomic mass is 9.86. The fraction of sp³-hybridized carbons (Fsp3) is 0.786. The maximum absolute atomic E-state index is 12.2. The van der Waals surface area contributed by atoms with Gasteiger partial charge in [-0.1, -0.05) is 12.8 Å². The number of urea groups is 1. The van der Waals surface area contributed by atoms with E-state index in [1.54, 1.807) is 0 Å². The van der Waals surface area contributed by atoms with Crippen LogP contribution in [0.5, 0.6) is 0 Å². The van der Waals surface area contributed by atoms with Crippen LogP contribution in [0.4, 0.5) is 4.79 Å². The van der Waals surface area contributed by atoms with Crippen LogP contribution < -0.4 is 5.32 Å². The molecular formula is C14H22N2O5. The largest absolute Gasteiger partial charge is 0.481 e. The molecule has 7 heteroatoms. The fourth-order valence-electron chi connectivity index (χ4n) is 3.26. The summed E-state index contributed by atoms with van der Waals surface area (Å²) >= 11 is 0. The van der Waals surface area contributed by atoms with Gasteiger partial charge in [0.2, 0.25) is 0 Å². The number of esters is 1. The lowest BCUT2D eigenvalue weighted by Gasteiger charge is -2.27. The van der Waals surface area contributed by atoms with Gasteiger partial charge in [-0.2, -0.15) is 0 Å². The van der Waals surface area contributed by atoms with Crippen molar-refractivity contribution in [2.75, 3.05) is 20.2 Å². The number of rotatable bonds is 4. The van der Waals surface area contributed by atoms with E-state index < -0.39 is 23.4 Å². The molecule has 21 heavy (non-hydrogen) atoms. The van der Waals surface area contributed by atoms with Crippen LogP contribution in [0, 0.1) is 5.41 Å². The molecule has 0 aromatic rings. The summed E-state index contributed by atoms with van der Waals surface area (Å²) in [4.78, 5) is 36.7. The van der Waals surface area contributed by atoms with Gasteiger partial charge < -0.3 is 20.1 Å². The molecule has 2 rings (SSSR count). The summed E-state index contributed by atoms with van der Waals surface area (Å²) in [5.41, 5.74) is -0.851. The molecule has 0 radical (unpaired) electrons.